The maximum Gasteiger partial charge on any atom is 0.232 e. The van der Waals surface area contributed by atoms with Gasteiger partial charge < -0.3 is 9.47 Å². The third-order valence-corrected chi connectivity index (χ3v) is 4.60. The van der Waals surface area contributed by atoms with E-state index in [-0.39, 0.29) is 11.6 Å². The Bertz CT molecular complexity index is 944. The van der Waals surface area contributed by atoms with Gasteiger partial charge in [0.1, 0.15) is 23.9 Å². The molecule has 25 heavy (non-hydrogen) atoms. The van der Waals surface area contributed by atoms with Crippen molar-refractivity contribution in [2.24, 2.45) is 0 Å². The van der Waals surface area contributed by atoms with Crippen LogP contribution in [-0.4, -0.2) is 5.78 Å². The molecule has 0 N–H and O–H groups in total. The Morgan fingerprint density at radius 1 is 1.12 bits per heavy atom. The molecule has 5 heteroatoms. The van der Waals surface area contributed by atoms with Gasteiger partial charge in [-0.05, 0) is 41.3 Å². The van der Waals surface area contributed by atoms with Gasteiger partial charge in [-0.2, -0.15) is 0 Å². The summed E-state index contributed by atoms with van der Waals surface area (Å²) in [5.74, 6) is 0.984. The summed E-state index contributed by atoms with van der Waals surface area (Å²) in [5.41, 5.74) is 1.38. The number of ketones is 1. The summed E-state index contributed by atoms with van der Waals surface area (Å²) in [6.45, 7) is 0.310. The smallest absolute Gasteiger partial charge is 0.232 e. The van der Waals surface area contributed by atoms with Gasteiger partial charge >= 0.3 is 0 Å². The molecule has 0 unspecified atom stereocenters. The molecular formula is C20H13FO3S. The second kappa shape index (κ2) is 6.53. The molecule has 124 valence electrons. The number of carbonyl (C=O) groups is 1. The average Bonchev–Trinajstić information content (AvgIpc) is 3.23. The molecule has 1 aliphatic heterocycles. The van der Waals surface area contributed by atoms with E-state index in [2.05, 4.69) is 0 Å². The largest absolute Gasteiger partial charge is 0.489 e. The number of rotatable bonds is 4. The molecule has 1 aromatic heterocycles. The summed E-state index contributed by atoms with van der Waals surface area (Å²) >= 11 is 1.54. The molecule has 3 aromatic rings. The Balaban J connectivity index is 1.50. The Morgan fingerprint density at radius 3 is 2.72 bits per heavy atom. The molecule has 0 saturated heterocycles. The first-order chi connectivity index (χ1) is 12.2. The van der Waals surface area contributed by atoms with E-state index in [1.54, 1.807) is 47.7 Å². The molecule has 0 radical (unpaired) electrons. The van der Waals surface area contributed by atoms with Gasteiger partial charge in [0.25, 0.3) is 0 Å². The SMILES string of the molecule is O=C1C(=Cc2cccs2)Oc2cc(OCc3ccc(F)cc3)ccc21. The normalized spacial score (nSPS) is 14.4. The maximum absolute atomic E-state index is 12.9. The maximum atomic E-state index is 12.9. The second-order valence-corrected chi connectivity index (χ2v) is 6.51. The molecule has 0 amide bonds. The minimum Gasteiger partial charge on any atom is -0.489 e. The van der Waals surface area contributed by atoms with Crippen LogP contribution in [0.25, 0.3) is 6.08 Å². The number of allylic oxidation sites excluding steroid dienone is 1. The lowest BCUT2D eigenvalue weighted by Gasteiger charge is -2.07. The number of hydrogen-bond donors (Lipinski definition) is 0. The number of benzene rings is 2. The van der Waals surface area contributed by atoms with E-state index in [0.717, 1.165) is 10.4 Å². The van der Waals surface area contributed by atoms with Gasteiger partial charge in [0.15, 0.2) is 5.76 Å². The summed E-state index contributed by atoms with van der Waals surface area (Å²) in [6.07, 6.45) is 1.74. The molecule has 4 rings (SSSR count). The van der Waals surface area contributed by atoms with Crippen LogP contribution in [0.3, 0.4) is 0 Å². The van der Waals surface area contributed by atoms with Crippen LogP contribution in [0.4, 0.5) is 4.39 Å². The highest BCUT2D eigenvalue weighted by Crippen LogP contribution is 2.35. The second-order valence-electron chi connectivity index (χ2n) is 5.53. The molecule has 0 fully saturated rings. The lowest BCUT2D eigenvalue weighted by Crippen LogP contribution is -1.97. The van der Waals surface area contributed by atoms with Crippen LogP contribution in [0.1, 0.15) is 20.8 Å². The van der Waals surface area contributed by atoms with Gasteiger partial charge in [0.05, 0.1) is 5.56 Å². The first-order valence-electron chi connectivity index (χ1n) is 7.68. The Kier molecular flexibility index (Phi) is 4.07. The summed E-state index contributed by atoms with van der Waals surface area (Å²) < 4.78 is 24.3. The highest BCUT2D eigenvalue weighted by molar-refractivity contribution is 7.10. The van der Waals surface area contributed by atoms with E-state index in [9.17, 15) is 9.18 Å². The predicted octanol–water partition coefficient (Wildman–Crippen LogP) is 5.08. The summed E-state index contributed by atoms with van der Waals surface area (Å²) in [4.78, 5) is 13.3. The summed E-state index contributed by atoms with van der Waals surface area (Å²) in [6, 6.07) is 15.1. The molecular weight excluding hydrogens is 339 g/mol. The van der Waals surface area contributed by atoms with E-state index in [1.165, 1.54) is 12.1 Å². The standard InChI is InChI=1S/C20H13FO3S/c21-14-5-3-13(4-6-14)12-23-15-7-8-17-18(10-15)24-19(20(17)22)11-16-2-1-9-25-16/h1-11H,12H2. The van der Waals surface area contributed by atoms with Crippen LogP contribution in [-0.2, 0) is 6.61 Å². The fraction of sp³-hybridized carbons (Fsp3) is 0.0500. The number of fused-ring (bicyclic) bond motifs is 1. The zero-order chi connectivity index (χ0) is 17.2. The molecule has 0 bridgehead atoms. The van der Waals surface area contributed by atoms with Crippen LogP contribution >= 0.6 is 11.3 Å². The van der Waals surface area contributed by atoms with Gasteiger partial charge in [-0.25, -0.2) is 4.39 Å². The number of ether oxygens (including phenoxy) is 2. The van der Waals surface area contributed by atoms with Crippen molar-refractivity contribution >= 4 is 23.2 Å². The van der Waals surface area contributed by atoms with Crippen LogP contribution in [0.15, 0.2) is 65.7 Å². The molecule has 2 heterocycles. The third-order valence-electron chi connectivity index (χ3n) is 3.78. The van der Waals surface area contributed by atoms with Crippen molar-refractivity contribution in [3.63, 3.8) is 0 Å². The van der Waals surface area contributed by atoms with Crippen LogP contribution in [0, 0.1) is 5.82 Å². The van der Waals surface area contributed by atoms with Crippen molar-refractivity contribution in [3.8, 4) is 11.5 Å². The monoisotopic (exact) mass is 352 g/mol. The molecule has 2 aromatic carbocycles. The van der Waals surface area contributed by atoms with Crippen molar-refractivity contribution < 1.29 is 18.7 Å². The number of halogens is 1. The number of Topliss-reactive ketones (excluding diaryl/α,β-unsaturated/α-hetero) is 1. The van der Waals surface area contributed by atoms with Gasteiger partial charge in [0.2, 0.25) is 5.78 Å². The summed E-state index contributed by atoms with van der Waals surface area (Å²) in [5, 5.41) is 1.94. The lowest BCUT2D eigenvalue weighted by atomic mass is 10.1. The van der Waals surface area contributed by atoms with E-state index in [1.807, 2.05) is 17.5 Å². The molecule has 0 aliphatic carbocycles. The van der Waals surface area contributed by atoms with Crippen molar-refractivity contribution in [2.45, 2.75) is 6.61 Å². The highest BCUT2D eigenvalue weighted by Gasteiger charge is 2.27. The quantitative estimate of drug-likeness (QED) is 0.614. The highest BCUT2D eigenvalue weighted by atomic mass is 32.1. The minimum absolute atomic E-state index is 0.131. The number of hydrogen-bond acceptors (Lipinski definition) is 4. The topological polar surface area (TPSA) is 35.5 Å². The molecule has 0 saturated carbocycles. The fourth-order valence-corrected chi connectivity index (χ4v) is 3.15. The number of carbonyl (C=O) groups excluding carboxylic acids is 1. The fourth-order valence-electron chi connectivity index (χ4n) is 2.51. The zero-order valence-electron chi connectivity index (χ0n) is 13.1. The van der Waals surface area contributed by atoms with E-state index in [4.69, 9.17) is 9.47 Å². The number of thiophene rings is 1. The predicted molar refractivity (Wildman–Crippen MR) is 94.4 cm³/mol. The molecule has 0 spiro atoms. The van der Waals surface area contributed by atoms with Gasteiger partial charge in [-0.1, -0.05) is 18.2 Å². The van der Waals surface area contributed by atoms with Crippen molar-refractivity contribution in [2.75, 3.05) is 0 Å². The molecule has 3 nitrogen and oxygen atoms in total. The van der Waals surface area contributed by atoms with Crippen molar-refractivity contribution in [3.05, 3.63) is 87.6 Å². The van der Waals surface area contributed by atoms with Gasteiger partial charge in [-0.15, -0.1) is 11.3 Å². The third kappa shape index (κ3) is 3.32. The Labute approximate surface area is 148 Å². The van der Waals surface area contributed by atoms with Crippen molar-refractivity contribution in [1.29, 1.82) is 0 Å². The summed E-state index contributed by atoms with van der Waals surface area (Å²) in [7, 11) is 0. The van der Waals surface area contributed by atoms with Gasteiger partial charge in [0, 0.05) is 17.0 Å². The lowest BCUT2D eigenvalue weighted by molar-refractivity contribution is 0.101. The zero-order valence-corrected chi connectivity index (χ0v) is 13.9. The first kappa shape index (κ1) is 15.6. The van der Waals surface area contributed by atoms with Crippen LogP contribution < -0.4 is 9.47 Å². The van der Waals surface area contributed by atoms with Crippen molar-refractivity contribution in [1.82, 2.24) is 0 Å². The van der Waals surface area contributed by atoms with E-state index >= 15 is 0 Å². The molecule has 0 atom stereocenters. The average molecular weight is 352 g/mol. The van der Waals surface area contributed by atoms with Crippen LogP contribution in [0.5, 0.6) is 11.5 Å². The van der Waals surface area contributed by atoms with E-state index < -0.39 is 0 Å². The Hall–Kier alpha value is -2.92. The van der Waals surface area contributed by atoms with Crippen LogP contribution in [0.2, 0.25) is 0 Å². The first-order valence-corrected chi connectivity index (χ1v) is 8.56. The van der Waals surface area contributed by atoms with E-state index in [0.29, 0.717) is 29.4 Å². The Morgan fingerprint density at radius 2 is 1.96 bits per heavy atom. The van der Waals surface area contributed by atoms with Gasteiger partial charge in [-0.3, -0.25) is 4.79 Å². The minimum atomic E-state index is -0.279. The molecule has 1 aliphatic rings.